The van der Waals surface area contributed by atoms with Gasteiger partial charge in [-0.2, -0.15) is 10.4 Å². The summed E-state index contributed by atoms with van der Waals surface area (Å²) in [5, 5.41) is 16.6. The largest absolute Gasteiger partial charge is 0.378 e. The fourth-order valence-corrected chi connectivity index (χ4v) is 2.87. The SMILES string of the molecule is Cn1ncc2c1CCCC2Nc1ccc(CC#N)cc1. The number of hydrogen-bond donors (Lipinski definition) is 1. The summed E-state index contributed by atoms with van der Waals surface area (Å²) in [4.78, 5) is 0. The van der Waals surface area contributed by atoms with Gasteiger partial charge in [0.15, 0.2) is 0 Å². The number of aryl methyl sites for hydroxylation is 1. The molecule has 0 saturated carbocycles. The third-order valence-corrected chi connectivity index (χ3v) is 3.95. The van der Waals surface area contributed by atoms with Crippen LogP contribution in [0.1, 0.15) is 35.7 Å². The first-order valence-electron chi connectivity index (χ1n) is 7.01. The van der Waals surface area contributed by atoms with E-state index in [1.807, 2.05) is 30.1 Å². The minimum Gasteiger partial charge on any atom is -0.378 e. The van der Waals surface area contributed by atoms with Crippen molar-refractivity contribution >= 4 is 5.69 Å². The first-order valence-corrected chi connectivity index (χ1v) is 7.01. The average Bonchev–Trinajstić information content (AvgIpc) is 2.84. The van der Waals surface area contributed by atoms with E-state index in [-0.39, 0.29) is 0 Å². The lowest BCUT2D eigenvalue weighted by Crippen LogP contribution is -2.17. The normalized spacial score (nSPS) is 17.3. The number of nitriles is 1. The van der Waals surface area contributed by atoms with Crippen LogP contribution in [0.25, 0.3) is 0 Å². The van der Waals surface area contributed by atoms with Crippen LogP contribution in [0, 0.1) is 11.3 Å². The maximum atomic E-state index is 8.69. The van der Waals surface area contributed by atoms with Gasteiger partial charge in [-0.05, 0) is 37.0 Å². The molecule has 1 aromatic carbocycles. The van der Waals surface area contributed by atoms with Gasteiger partial charge in [-0.15, -0.1) is 0 Å². The molecule has 1 heterocycles. The quantitative estimate of drug-likeness (QED) is 0.929. The van der Waals surface area contributed by atoms with Crippen molar-refractivity contribution in [3.8, 4) is 6.07 Å². The van der Waals surface area contributed by atoms with Crippen LogP contribution < -0.4 is 5.32 Å². The molecule has 1 aliphatic carbocycles. The molecule has 0 radical (unpaired) electrons. The predicted molar refractivity (Wildman–Crippen MR) is 78.3 cm³/mol. The van der Waals surface area contributed by atoms with Crippen LogP contribution in [0.5, 0.6) is 0 Å². The third kappa shape index (κ3) is 2.39. The smallest absolute Gasteiger partial charge is 0.0669 e. The van der Waals surface area contributed by atoms with Crippen LogP contribution in [0.4, 0.5) is 5.69 Å². The Labute approximate surface area is 119 Å². The molecule has 4 heteroatoms. The molecule has 102 valence electrons. The minimum absolute atomic E-state index is 0.342. The zero-order chi connectivity index (χ0) is 13.9. The Morgan fingerprint density at radius 1 is 1.40 bits per heavy atom. The van der Waals surface area contributed by atoms with Gasteiger partial charge in [0.2, 0.25) is 0 Å². The number of nitrogens with zero attached hydrogens (tertiary/aromatic N) is 3. The van der Waals surface area contributed by atoms with E-state index in [0.29, 0.717) is 12.5 Å². The molecule has 0 amide bonds. The fourth-order valence-electron chi connectivity index (χ4n) is 2.87. The van der Waals surface area contributed by atoms with Crippen molar-refractivity contribution in [1.82, 2.24) is 9.78 Å². The standard InChI is InChI=1S/C16H18N4/c1-20-16-4-2-3-15(14(16)11-18-20)19-13-7-5-12(6-8-13)9-10-17/h5-8,11,15,19H,2-4,9H2,1H3. The maximum Gasteiger partial charge on any atom is 0.0669 e. The van der Waals surface area contributed by atoms with Crippen molar-refractivity contribution < 1.29 is 0 Å². The number of benzene rings is 1. The Bertz CT molecular complexity index is 633. The molecule has 1 unspecified atom stereocenters. The van der Waals surface area contributed by atoms with Crippen LogP contribution in [-0.4, -0.2) is 9.78 Å². The van der Waals surface area contributed by atoms with Crippen LogP contribution in [0.2, 0.25) is 0 Å². The fraction of sp³-hybridized carbons (Fsp3) is 0.375. The van der Waals surface area contributed by atoms with Crippen molar-refractivity contribution in [2.24, 2.45) is 7.05 Å². The summed E-state index contributed by atoms with van der Waals surface area (Å²) in [6, 6.07) is 10.6. The number of hydrogen-bond acceptors (Lipinski definition) is 3. The van der Waals surface area contributed by atoms with Crippen molar-refractivity contribution in [1.29, 1.82) is 5.26 Å². The van der Waals surface area contributed by atoms with Gasteiger partial charge in [0.1, 0.15) is 0 Å². The summed E-state index contributed by atoms with van der Waals surface area (Å²) in [6.07, 6.45) is 5.90. The topological polar surface area (TPSA) is 53.6 Å². The minimum atomic E-state index is 0.342. The Morgan fingerprint density at radius 3 is 2.95 bits per heavy atom. The molecule has 2 aromatic rings. The highest BCUT2D eigenvalue weighted by Gasteiger charge is 2.23. The Kier molecular flexibility index (Phi) is 3.42. The monoisotopic (exact) mass is 266 g/mol. The molecule has 1 N–H and O–H groups in total. The summed E-state index contributed by atoms with van der Waals surface area (Å²) >= 11 is 0. The second-order valence-electron chi connectivity index (χ2n) is 5.29. The summed E-state index contributed by atoms with van der Waals surface area (Å²) < 4.78 is 1.99. The third-order valence-electron chi connectivity index (χ3n) is 3.95. The van der Waals surface area contributed by atoms with Gasteiger partial charge in [0.05, 0.1) is 24.7 Å². The molecule has 4 nitrogen and oxygen atoms in total. The highest BCUT2D eigenvalue weighted by Crippen LogP contribution is 2.32. The average molecular weight is 266 g/mol. The molecular formula is C16H18N4. The number of rotatable bonds is 3. The van der Waals surface area contributed by atoms with Gasteiger partial charge in [0.25, 0.3) is 0 Å². The highest BCUT2D eigenvalue weighted by atomic mass is 15.3. The molecule has 0 aliphatic heterocycles. The van der Waals surface area contributed by atoms with Gasteiger partial charge < -0.3 is 5.32 Å². The second-order valence-corrected chi connectivity index (χ2v) is 5.29. The van der Waals surface area contributed by atoms with E-state index in [9.17, 15) is 0 Å². The number of fused-ring (bicyclic) bond motifs is 1. The molecular weight excluding hydrogens is 248 g/mol. The molecule has 0 fully saturated rings. The highest BCUT2D eigenvalue weighted by molar-refractivity contribution is 5.48. The van der Waals surface area contributed by atoms with Gasteiger partial charge in [0, 0.05) is 24.0 Å². The molecule has 0 bridgehead atoms. The number of anilines is 1. The van der Waals surface area contributed by atoms with E-state index in [0.717, 1.165) is 24.1 Å². The van der Waals surface area contributed by atoms with Crippen molar-refractivity contribution in [2.45, 2.75) is 31.7 Å². The van der Waals surface area contributed by atoms with Crippen LogP contribution in [0.15, 0.2) is 30.5 Å². The van der Waals surface area contributed by atoms with Gasteiger partial charge in [-0.1, -0.05) is 12.1 Å². The molecule has 1 aliphatic rings. The lowest BCUT2D eigenvalue weighted by molar-refractivity contribution is 0.571. The summed E-state index contributed by atoms with van der Waals surface area (Å²) in [7, 11) is 2.01. The predicted octanol–water partition coefficient (Wildman–Crippen LogP) is 2.98. The Hall–Kier alpha value is -2.28. The summed E-state index contributed by atoms with van der Waals surface area (Å²) in [6.45, 7) is 0. The molecule has 1 atom stereocenters. The van der Waals surface area contributed by atoms with E-state index in [4.69, 9.17) is 5.26 Å². The van der Waals surface area contributed by atoms with Gasteiger partial charge in [-0.3, -0.25) is 4.68 Å². The molecule has 0 spiro atoms. The molecule has 3 rings (SSSR count). The van der Waals surface area contributed by atoms with E-state index in [1.54, 1.807) is 0 Å². The van der Waals surface area contributed by atoms with Crippen LogP contribution in [0.3, 0.4) is 0 Å². The van der Waals surface area contributed by atoms with Crippen molar-refractivity contribution in [2.75, 3.05) is 5.32 Å². The summed E-state index contributed by atoms with van der Waals surface area (Å²) in [5.41, 5.74) is 4.83. The van der Waals surface area contributed by atoms with E-state index in [1.165, 1.54) is 17.7 Å². The van der Waals surface area contributed by atoms with Crippen molar-refractivity contribution in [3.05, 3.63) is 47.3 Å². The van der Waals surface area contributed by atoms with E-state index >= 15 is 0 Å². The first-order chi connectivity index (χ1) is 9.78. The Balaban J connectivity index is 1.77. The van der Waals surface area contributed by atoms with Crippen LogP contribution >= 0.6 is 0 Å². The lowest BCUT2D eigenvalue weighted by atomic mass is 9.93. The second kappa shape index (κ2) is 5.38. The molecule has 0 saturated heterocycles. The first kappa shape index (κ1) is 12.7. The number of aromatic nitrogens is 2. The van der Waals surface area contributed by atoms with Crippen LogP contribution in [-0.2, 0) is 19.9 Å². The zero-order valence-corrected chi connectivity index (χ0v) is 11.6. The maximum absolute atomic E-state index is 8.69. The molecule has 1 aromatic heterocycles. The van der Waals surface area contributed by atoms with E-state index in [2.05, 4.69) is 28.6 Å². The van der Waals surface area contributed by atoms with Crippen molar-refractivity contribution in [3.63, 3.8) is 0 Å². The summed E-state index contributed by atoms with van der Waals surface area (Å²) in [5.74, 6) is 0. The number of nitrogens with one attached hydrogen (secondary N) is 1. The Morgan fingerprint density at radius 2 is 2.20 bits per heavy atom. The molecule has 20 heavy (non-hydrogen) atoms. The van der Waals surface area contributed by atoms with Gasteiger partial charge >= 0.3 is 0 Å². The lowest BCUT2D eigenvalue weighted by Gasteiger charge is -2.24. The van der Waals surface area contributed by atoms with Gasteiger partial charge in [-0.25, -0.2) is 0 Å². The zero-order valence-electron chi connectivity index (χ0n) is 11.6. The van der Waals surface area contributed by atoms with E-state index < -0.39 is 0 Å².